The van der Waals surface area contributed by atoms with Crippen molar-refractivity contribution in [1.29, 1.82) is 0 Å². The molecule has 0 bridgehead atoms. The van der Waals surface area contributed by atoms with Gasteiger partial charge in [-0.15, -0.1) is 0 Å². The van der Waals surface area contributed by atoms with Crippen LogP contribution < -0.4 is 10.1 Å². The smallest absolute Gasteiger partial charge is 0.405 e. The maximum absolute atomic E-state index is 12.0. The van der Waals surface area contributed by atoms with Crippen molar-refractivity contribution in [1.82, 2.24) is 10.3 Å². The topological polar surface area (TPSA) is 60.5 Å². The number of carbonyl (C=O) groups excluding carboxylic acids is 1. The standard InChI is InChI=1S/C12H13F3N2O3/c13-12(14,15)7-17-11(18)8-1-2-10(16-5-8)20-9-3-4-19-6-9/h1-2,5,9H,3-4,6-7H2,(H,17,18)/t9-/m1/s1. The molecule has 1 atom stereocenters. The summed E-state index contributed by atoms with van der Waals surface area (Å²) in [5.41, 5.74) is 0.0456. The van der Waals surface area contributed by atoms with E-state index in [-0.39, 0.29) is 11.7 Å². The number of halogens is 3. The van der Waals surface area contributed by atoms with Crippen LogP contribution in [-0.4, -0.2) is 42.9 Å². The van der Waals surface area contributed by atoms with Gasteiger partial charge in [-0.1, -0.05) is 0 Å². The fourth-order valence-corrected chi connectivity index (χ4v) is 1.64. The van der Waals surface area contributed by atoms with Gasteiger partial charge in [0.25, 0.3) is 5.91 Å². The number of carbonyl (C=O) groups is 1. The van der Waals surface area contributed by atoms with Crippen molar-refractivity contribution < 1.29 is 27.4 Å². The first kappa shape index (κ1) is 14.6. The van der Waals surface area contributed by atoms with Crippen molar-refractivity contribution in [3.63, 3.8) is 0 Å². The lowest BCUT2D eigenvalue weighted by molar-refractivity contribution is -0.123. The molecule has 0 radical (unpaired) electrons. The molecule has 0 aromatic carbocycles. The zero-order chi connectivity index (χ0) is 14.6. The van der Waals surface area contributed by atoms with E-state index in [1.54, 1.807) is 5.32 Å². The van der Waals surface area contributed by atoms with Gasteiger partial charge >= 0.3 is 6.18 Å². The van der Waals surface area contributed by atoms with Gasteiger partial charge in [-0.25, -0.2) is 4.98 Å². The minimum atomic E-state index is -4.44. The lowest BCUT2D eigenvalue weighted by Crippen LogP contribution is -2.33. The van der Waals surface area contributed by atoms with E-state index in [0.717, 1.165) is 6.42 Å². The van der Waals surface area contributed by atoms with Crippen LogP contribution in [0.25, 0.3) is 0 Å². The van der Waals surface area contributed by atoms with Crippen LogP contribution in [0.1, 0.15) is 16.8 Å². The Morgan fingerprint density at radius 3 is 2.85 bits per heavy atom. The van der Waals surface area contributed by atoms with E-state index in [4.69, 9.17) is 9.47 Å². The highest BCUT2D eigenvalue weighted by Gasteiger charge is 2.28. The summed E-state index contributed by atoms with van der Waals surface area (Å²) in [5, 5.41) is 1.77. The molecule has 2 rings (SSSR count). The minimum Gasteiger partial charge on any atom is -0.472 e. The van der Waals surface area contributed by atoms with Gasteiger partial charge in [0.1, 0.15) is 12.6 Å². The van der Waals surface area contributed by atoms with Crippen LogP contribution in [0.4, 0.5) is 13.2 Å². The van der Waals surface area contributed by atoms with Gasteiger partial charge in [-0.3, -0.25) is 4.79 Å². The SMILES string of the molecule is O=C(NCC(F)(F)F)c1ccc(O[C@@H]2CCOC2)nc1. The Hall–Kier alpha value is -1.83. The van der Waals surface area contributed by atoms with Crippen LogP contribution >= 0.6 is 0 Å². The predicted molar refractivity (Wildman–Crippen MR) is 62.5 cm³/mol. The zero-order valence-corrected chi connectivity index (χ0v) is 10.4. The van der Waals surface area contributed by atoms with E-state index in [1.165, 1.54) is 18.3 Å². The van der Waals surface area contributed by atoms with E-state index in [9.17, 15) is 18.0 Å². The summed E-state index contributed by atoms with van der Waals surface area (Å²) in [6.07, 6.45) is -2.58. The summed E-state index contributed by atoms with van der Waals surface area (Å²) in [7, 11) is 0. The molecule has 0 unspecified atom stereocenters. The molecule has 110 valence electrons. The summed E-state index contributed by atoms with van der Waals surface area (Å²) in [4.78, 5) is 15.3. The van der Waals surface area contributed by atoms with E-state index < -0.39 is 18.6 Å². The van der Waals surface area contributed by atoms with Gasteiger partial charge < -0.3 is 14.8 Å². The fraction of sp³-hybridized carbons (Fsp3) is 0.500. The van der Waals surface area contributed by atoms with Crippen molar-refractivity contribution >= 4 is 5.91 Å². The van der Waals surface area contributed by atoms with Crippen LogP contribution in [0.15, 0.2) is 18.3 Å². The minimum absolute atomic E-state index is 0.0456. The number of nitrogens with one attached hydrogen (secondary N) is 1. The Labute approximate surface area is 113 Å². The molecule has 1 aliphatic heterocycles. The second-order valence-corrected chi connectivity index (χ2v) is 4.29. The summed E-state index contributed by atoms with van der Waals surface area (Å²) in [6, 6.07) is 2.81. The number of ether oxygens (including phenoxy) is 2. The highest BCUT2D eigenvalue weighted by atomic mass is 19.4. The first-order valence-electron chi connectivity index (χ1n) is 5.99. The number of alkyl halides is 3. The zero-order valence-electron chi connectivity index (χ0n) is 10.4. The molecule has 1 N–H and O–H groups in total. The number of nitrogens with zero attached hydrogens (tertiary/aromatic N) is 1. The Balaban J connectivity index is 1.88. The molecule has 1 fully saturated rings. The van der Waals surface area contributed by atoms with Crippen molar-refractivity contribution in [2.45, 2.75) is 18.7 Å². The van der Waals surface area contributed by atoms with Crippen molar-refractivity contribution in [2.75, 3.05) is 19.8 Å². The van der Waals surface area contributed by atoms with Gasteiger partial charge in [-0.2, -0.15) is 13.2 Å². The number of amides is 1. The molecular formula is C12H13F3N2O3. The molecule has 1 saturated heterocycles. The number of hydrogen-bond donors (Lipinski definition) is 1. The lowest BCUT2D eigenvalue weighted by Gasteiger charge is -2.11. The average molecular weight is 290 g/mol. The summed E-state index contributed by atoms with van der Waals surface area (Å²) < 4.78 is 46.5. The quantitative estimate of drug-likeness (QED) is 0.914. The van der Waals surface area contributed by atoms with Crippen LogP contribution in [0.5, 0.6) is 5.88 Å². The lowest BCUT2D eigenvalue weighted by atomic mass is 10.2. The second kappa shape index (κ2) is 6.08. The summed E-state index contributed by atoms with van der Waals surface area (Å²) in [6.45, 7) is -0.262. The highest BCUT2D eigenvalue weighted by Crippen LogP contribution is 2.15. The third-order valence-corrected chi connectivity index (χ3v) is 2.62. The molecule has 1 aromatic rings. The van der Waals surface area contributed by atoms with Gasteiger partial charge in [0.15, 0.2) is 0 Å². The van der Waals surface area contributed by atoms with Crippen molar-refractivity contribution in [2.24, 2.45) is 0 Å². The first-order valence-corrected chi connectivity index (χ1v) is 5.99. The number of rotatable bonds is 4. The van der Waals surface area contributed by atoms with E-state index in [0.29, 0.717) is 19.1 Å². The molecule has 8 heteroatoms. The molecule has 0 spiro atoms. The van der Waals surface area contributed by atoms with Gasteiger partial charge in [-0.05, 0) is 6.07 Å². The van der Waals surface area contributed by atoms with Gasteiger partial charge in [0.05, 0.1) is 18.8 Å². The molecular weight excluding hydrogens is 277 g/mol. The Kier molecular flexibility index (Phi) is 4.43. The molecule has 0 saturated carbocycles. The van der Waals surface area contributed by atoms with Gasteiger partial charge in [0.2, 0.25) is 5.88 Å². The van der Waals surface area contributed by atoms with Crippen LogP contribution in [0.3, 0.4) is 0 Å². The molecule has 5 nitrogen and oxygen atoms in total. The van der Waals surface area contributed by atoms with E-state index in [1.807, 2.05) is 0 Å². The van der Waals surface area contributed by atoms with Crippen LogP contribution in [0, 0.1) is 0 Å². The summed E-state index contributed by atoms with van der Waals surface area (Å²) in [5.74, 6) is -0.515. The van der Waals surface area contributed by atoms with E-state index >= 15 is 0 Å². The monoisotopic (exact) mass is 290 g/mol. The van der Waals surface area contributed by atoms with Crippen LogP contribution in [0.2, 0.25) is 0 Å². The number of pyridine rings is 1. The van der Waals surface area contributed by atoms with Gasteiger partial charge in [0, 0.05) is 18.7 Å². The average Bonchev–Trinajstić information content (AvgIpc) is 2.89. The maximum Gasteiger partial charge on any atom is 0.405 e. The summed E-state index contributed by atoms with van der Waals surface area (Å²) >= 11 is 0. The van der Waals surface area contributed by atoms with Crippen molar-refractivity contribution in [3.05, 3.63) is 23.9 Å². The van der Waals surface area contributed by atoms with Crippen molar-refractivity contribution in [3.8, 4) is 5.88 Å². The molecule has 1 amide bonds. The third-order valence-electron chi connectivity index (χ3n) is 2.62. The van der Waals surface area contributed by atoms with E-state index in [2.05, 4.69) is 4.98 Å². The Bertz CT molecular complexity index is 456. The maximum atomic E-state index is 12.0. The number of aromatic nitrogens is 1. The highest BCUT2D eigenvalue weighted by molar-refractivity contribution is 5.93. The molecule has 2 heterocycles. The largest absolute Gasteiger partial charge is 0.472 e. The fourth-order valence-electron chi connectivity index (χ4n) is 1.64. The second-order valence-electron chi connectivity index (χ2n) is 4.29. The number of hydrogen-bond acceptors (Lipinski definition) is 4. The Morgan fingerprint density at radius 1 is 1.50 bits per heavy atom. The first-order chi connectivity index (χ1) is 9.44. The third kappa shape index (κ3) is 4.37. The van der Waals surface area contributed by atoms with Crippen LogP contribution in [-0.2, 0) is 4.74 Å². The molecule has 20 heavy (non-hydrogen) atoms. The normalized spacial score (nSPS) is 18.9. The Morgan fingerprint density at radius 2 is 2.30 bits per heavy atom. The molecule has 1 aromatic heterocycles. The molecule has 1 aliphatic rings. The predicted octanol–water partition coefficient (Wildman–Crippen LogP) is 1.54. The molecule has 0 aliphatic carbocycles.